The lowest BCUT2D eigenvalue weighted by atomic mass is 10.1. The predicted molar refractivity (Wildman–Crippen MR) is 72.0 cm³/mol. The van der Waals surface area contributed by atoms with Crippen LogP contribution in [0.15, 0.2) is 24.7 Å². The van der Waals surface area contributed by atoms with Crippen molar-refractivity contribution in [2.45, 2.75) is 26.3 Å². The maximum absolute atomic E-state index is 5.51. The Balaban J connectivity index is 2.06. The normalized spacial score (nSPS) is 12.4. The second-order valence-electron chi connectivity index (χ2n) is 4.41. The maximum Gasteiger partial charge on any atom is 0.342 e. The summed E-state index contributed by atoms with van der Waals surface area (Å²) in [6, 6.07) is 4.46. The van der Waals surface area contributed by atoms with E-state index in [-0.39, 0.29) is 6.04 Å². The molecule has 0 saturated heterocycles. The van der Waals surface area contributed by atoms with E-state index in [1.165, 1.54) is 0 Å². The van der Waals surface area contributed by atoms with Crippen LogP contribution in [-0.4, -0.2) is 26.3 Å². The Morgan fingerprint density at radius 2 is 2.26 bits per heavy atom. The summed E-state index contributed by atoms with van der Waals surface area (Å²) in [5.74, 6) is 0.508. The maximum atomic E-state index is 5.51. The molecule has 2 aromatic rings. The molecule has 0 bridgehead atoms. The number of pyridine rings is 1. The van der Waals surface area contributed by atoms with E-state index in [4.69, 9.17) is 4.74 Å². The van der Waals surface area contributed by atoms with Gasteiger partial charge in [0.15, 0.2) is 0 Å². The van der Waals surface area contributed by atoms with E-state index in [1.54, 1.807) is 24.3 Å². The number of hydrogen-bond acceptors (Lipinski definition) is 5. The number of aryl methyl sites for hydroxylation is 1. The van der Waals surface area contributed by atoms with E-state index in [0.29, 0.717) is 11.9 Å². The number of ether oxygens (including phenoxy) is 1. The first-order valence-corrected chi connectivity index (χ1v) is 6.42. The highest BCUT2D eigenvalue weighted by atomic mass is 16.5. The third-order valence-corrected chi connectivity index (χ3v) is 2.73. The zero-order valence-corrected chi connectivity index (χ0v) is 11.5. The number of nitrogens with zero attached hydrogens (tertiary/aromatic N) is 4. The Labute approximate surface area is 112 Å². The predicted octanol–water partition coefficient (Wildman–Crippen LogP) is 2.06. The number of hydrogen-bond donors (Lipinski definition) is 1. The molecular weight excluding hydrogens is 242 g/mol. The van der Waals surface area contributed by atoms with Crippen LogP contribution in [0.2, 0.25) is 0 Å². The van der Waals surface area contributed by atoms with Crippen LogP contribution in [0.1, 0.15) is 31.9 Å². The molecule has 0 aliphatic rings. The van der Waals surface area contributed by atoms with Crippen molar-refractivity contribution in [3.8, 4) is 11.9 Å². The van der Waals surface area contributed by atoms with Gasteiger partial charge >= 0.3 is 6.01 Å². The van der Waals surface area contributed by atoms with Gasteiger partial charge in [0.1, 0.15) is 6.33 Å². The van der Waals surface area contributed by atoms with Crippen LogP contribution in [0.4, 0.5) is 0 Å². The topological polar surface area (TPSA) is 64.9 Å². The fourth-order valence-electron chi connectivity index (χ4n) is 1.69. The van der Waals surface area contributed by atoms with Gasteiger partial charge in [0.25, 0.3) is 0 Å². The smallest absolute Gasteiger partial charge is 0.342 e. The number of rotatable bonds is 6. The summed E-state index contributed by atoms with van der Waals surface area (Å²) < 4.78 is 7.10. The molecule has 1 atom stereocenters. The zero-order valence-electron chi connectivity index (χ0n) is 11.5. The van der Waals surface area contributed by atoms with Gasteiger partial charge < -0.3 is 10.1 Å². The van der Waals surface area contributed by atoms with Gasteiger partial charge in [0.2, 0.25) is 5.88 Å². The lowest BCUT2D eigenvalue weighted by molar-refractivity contribution is 0.420. The van der Waals surface area contributed by atoms with Gasteiger partial charge in [-0.05, 0) is 31.5 Å². The Morgan fingerprint density at radius 1 is 1.42 bits per heavy atom. The molecule has 0 radical (unpaired) electrons. The van der Waals surface area contributed by atoms with Crippen molar-refractivity contribution in [1.29, 1.82) is 0 Å². The lowest BCUT2D eigenvalue weighted by Crippen LogP contribution is -2.19. The molecule has 6 nitrogen and oxygen atoms in total. The van der Waals surface area contributed by atoms with Crippen LogP contribution >= 0.6 is 0 Å². The lowest BCUT2D eigenvalue weighted by Gasteiger charge is -2.13. The third kappa shape index (κ3) is 3.75. The van der Waals surface area contributed by atoms with Crippen molar-refractivity contribution in [2.75, 3.05) is 6.54 Å². The summed E-state index contributed by atoms with van der Waals surface area (Å²) in [5, 5.41) is 7.48. The quantitative estimate of drug-likeness (QED) is 0.862. The summed E-state index contributed by atoms with van der Waals surface area (Å²) in [6.45, 7) is 5.25. The van der Waals surface area contributed by atoms with Crippen LogP contribution in [0.25, 0.3) is 0 Å². The summed E-state index contributed by atoms with van der Waals surface area (Å²) in [7, 11) is 1.79. The van der Waals surface area contributed by atoms with E-state index in [9.17, 15) is 0 Å². The zero-order chi connectivity index (χ0) is 13.7. The molecule has 6 heteroatoms. The first kappa shape index (κ1) is 13.5. The van der Waals surface area contributed by atoms with Gasteiger partial charge in [-0.15, -0.1) is 5.10 Å². The number of aromatic nitrogens is 4. The molecule has 102 valence electrons. The Morgan fingerprint density at radius 3 is 2.95 bits per heavy atom. The van der Waals surface area contributed by atoms with Crippen molar-refractivity contribution in [3.05, 3.63) is 30.2 Å². The highest BCUT2D eigenvalue weighted by molar-refractivity contribution is 5.24. The first-order valence-electron chi connectivity index (χ1n) is 6.42. The molecule has 2 heterocycles. The third-order valence-electron chi connectivity index (χ3n) is 2.73. The average molecular weight is 261 g/mol. The van der Waals surface area contributed by atoms with Crippen LogP contribution < -0.4 is 10.1 Å². The Hall–Kier alpha value is -1.95. The van der Waals surface area contributed by atoms with Gasteiger partial charge in [0, 0.05) is 25.4 Å². The van der Waals surface area contributed by atoms with Crippen LogP contribution in [0.5, 0.6) is 11.9 Å². The molecule has 0 fully saturated rings. The molecule has 0 spiro atoms. The Bertz CT molecular complexity index is 525. The summed E-state index contributed by atoms with van der Waals surface area (Å²) in [4.78, 5) is 8.18. The molecule has 19 heavy (non-hydrogen) atoms. The minimum atomic E-state index is 0.266. The fourth-order valence-corrected chi connectivity index (χ4v) is 1.69. The van der Waals surface area contributed by atoms with Gasteiger partial charge in [-0.25, -0.2) is 4.98 Å². The van der Waals surface area contributed by atoms with Crippen molar-refractivity contribution in [3.63, 3.8) is 0 Å². The molecule has 0 aromatic carbocycles. The SMILES string of the molecule is CCCNC(C)c1ccnc(Oc2ncn(C)n2)c1. The minimum Gasteiger partial charge on any atom is -0.404 e. The van der Waals surface area contributed by atoms with Gasteiger partial charge in [-0.2, -0.15) is 4.98 Å². The van der Waals surface area contributed by atoms with E-state index in [1.807, 2.05) is 12.1 Å². The van der Waals surface area contributed by atoms with Gasteiger partial charge in [0.05, 0.1) is 0 Å². The first-order chi connectivity index (χ1) is 9.19. The largest absolute Gasteiger partial charge is 0.404 e. The summed E-state index contributed by atoms with van der Waals surface area (Å²) in [5.41, 5.74) is 1.13. The van der Waals surface area contributed by atoms with E-state index < -0.39 is 0 Å². The van der Waals surface area contributed by atoms with E-state index in [2.05, 4.69) is 34.2 Å². The molecule has 0 saturated carbocycles. The average Bonchev–Trinajstić information content (AvgIpc) is 2.81. The summed E-state index contributed by atoms with van der Waals surface area (Å²) in [6.07, 6.45) is 4.43. The van der Waals surface area contributed by atoms with Crippen LogP contribution in [-0.2, 0) is 7.05 Å². The standard InChI is InChI=1S/C13H19N5O/c1-4-6-14-10(2)11-5-7-15-12(8-11)19-13-16-9-18(3)17-13/h5,7-10,14H,4,6H2,1-3H3. The van der Waals surface area contributed by atoms with Gasteiger partial charge in [-0.3, -0.25) is 4.68 Å². The van der Waals surface area contributed by atoms with Crippen molar-refractivity contribution < 1.29 is 4.74 Å². The molecule has 1 N–H and O–H groups in total. The minimum absolute atomic E-state index is 0.266. The highest BCUT2D eigenvalue weighted by Gasteiger charge is 2.08. The van der Waals surface area contributed by atoms with Crippen LogP contribution in [0.3, 0.4) is 0 Å². The van der Waals surface area contributed by atoms with Crippen LogP contribution in [0, 0.1) is 0 Å². The molecule has 1 unspecified atom stereocenters. The molecule has 0 aliphatic carbocycles. The monoisotopic (exact) mass is 261 g/mol. The summed E-state index contributed by atoms with van der Waals surface area (Å²) >= 11 is 0. The second kappa shape index (κ2) is 6.29. The molecule has 2 aromatic heterocycles. The van der Waals surface area contributed by atoms with E-state index in [0.717, 1.165) is 18.5 Å². The highest BCUT2D eigenvalue weighted by Crippen LogP contribution is 2.19. The molecule has 2 rings (SSSR count). The van der Waals surface area contributed by atoms with Crippen molar-refractivity contribution in [2.24, 2.45) is 7.05 Å². The van der Waals surface area contributed by atoms with Gasteiger partial charge in [-0.1, -0.05) is 6.92 Å². The molecular formula is C13H19N5O. The van der Waals surface area contributed by atoms with E-state index >= 15 is 0 Å². The Kier molecular flexibility index (Phi) is 4.46. The molecule has 0 amide bonds. The second-order valence-corrected chi connectivity index (χ2v) is 4.41. The number of nitrogens with one attached hydrogen (secondary N) is 1. The fraction of sp³-hybridized carbons (Fsp3) is 0.462. The van der Waals surface area contributed by atoms with Crippen molar-refractivity contribution >= 4 is 0 Å². The van der Waals surface area contributed by atoms with Crippen molar-refractivity contribution in [1.82, 2.24) is 25.1 Å². The molecule has 0 aliphatic heterocycles.